The molecule has 2 aromatic rings. The van der Waals surface area contributed by atoms with Gasteiger partial charge in [0.25, 0.3) is 0 Å². The molecule has 0 atom stereocenters. The number of halogens is 1. The molecule has 1 amide bonds. The first kappa shape index (κ1) is 18.6. The van der Waals surface area contributed by atoms with Crippen molar-refractivity contribution in [3.8, 4) is 11.5 Å². The summed E-state index contributed by atoms with van der Waals surface area (Å²) in [7, 11) is 0. The fraction of sp³-hybridized carbons (Fsp3) is 0.273. The standard InChI is InChI=1S/C22H20ClNO4/c23-18-13-15(14-20-22(18)28-12-2-11-27-20)4-9-19(25)16-5-7-17(8-6-16)24-10-1-3-21(24)26/h4-9,13-14H,1-3,10-12H2/b9-4+. The highest BCUT2D eigenvalue weighted by atomic mass is 35.5. The van der Waals surface area contributed by atoms with Gasteiger partial charge < -0.3 is 14.4 Å². The summed E-state index contributed by atoms with van der Waals surface area (Å²) in [5.41, 5.74) is 2.16. The van der Waals surface area contributed by atoms with Gasteiger partial charge in [-0.25, -0.2) is 0 Å². The lowest BCUT2D eigenvalue weighted by atomic mass is 10.1. The van der Waals surface area contributed by atoms with Crippen LogP contribution in [0.5, 0.6) is 11.5 Å². The fourth-order valence-corrected chi connectivity index (χ4v) is 3.62. The van der Waals surface area contributed by atoms with E-state index in [9.17, 15) is 9.59 Å². The number of amides is 1. The van der Waals surface area contributed by atoms with E-state index in [-0.39, 0.29) is 11.7 Å². The van der Waals surface area contributed by atoms with Crippen LogP contribution in [0.25, 0.3) is 6.08 Å². The van der Waals surface area contributed by atoms with Gasteiger partial charge in [-0.15, -0.1) is 0 Å². The zero-order chi connectivity index (χ0) is 19.5. The predicted molar refractivity (Wildman–Crippen MR) is 108 cm³/mol. The van der Waals surface area contributed by atoms with E-state index in [1.54, 1.807) is 29.2 Å². The number of carbonyl (C=O) groups excluding carboxylic acids is 2. The van der Waals surface area contributed by atoms with E-state index in [0.29, 0.717) is 41.7 Å². The van der Waals surface area contributed by atoms with Crippen molar-refractivity contribution in [1.29, 1.82) is 0 Å². The SMILES string of the molecule is O=C(/C=C/c1cc(Cl)c2c(c1)OCCCO2)c1ccc(N2CCCC2=O)cc1. The van der Waals surface area contributed by atoms with E-state index in [2.05, 4.69) is 0 Å². The number of carbonyl (C=O) groups is 2. The van der Waals surface area contributed by atoms with Gasteiger partial charge in [-0.1, -0.05) is 17.7 Å². The quantitative estimate of drug-likeness (QED) is 0.562. The molecule has 1 fully saturated rings. The Labute approximate surface area is 168 Å². The highest BCUT2D eigenvalue weighted by molar-refractivity contribution is 6.32. The summed E-state index contributed by atoms with van der Waals surface area (Å²) in [5, 5.41) is 0.464. The van der Waals surface area contributed by atoms with Crippen molar-refractivity contribution in [3.63, 3.8) is 0 Å². The first-order valence-electron chi connectivity index (χ1n) is 9.34. The van der Waals surface area contributed by atoms with Crippen LogP contribution >= 0.6 is 11.6 Å². The number of hydrogen-bond acceptors (Lipinski definition) is 4. The second kappa shape index (κ2) is 8.07. The summed E-state index contributed by atoms with van der Waals surface area (Å²) in [6.07, 6.45) is 5.47. The lowest BCUT2D eigenvalue weighted by Crippen LogP contribution is -2.23. The Balaban J connectivity index is 1.49. The van der Waals surface area contributed by atoms with Crippen molar-refractivity contribution < 1.29 is 19.1 Å². The van der Waals surface area contributed by atoms with E-state index < -0.39 is 0 Å². The fourth-order valence-electron chi connectivity index (χ4n) is 3.34. The van der Waals surface area contributed by atoms with Crippen molar-refractivity contribution in [3.05, 3.63) is 58.6 Å². The summed E-state index contributed by atoms with van der Waals surface area (Å²) in [5.74, 6) is 1.15. The summed E-state index contributed by atoms with van der Waals surface area (Å²) < 4.78 is 11.3. The van der Waals surface area contributed by atoms with Gasteiger partial charge in [0.05, 0.1) is 18.2 Å². The van der Waals surface area contributed by atoms with Crippen molar-refractivity contribution >= 4 is 35.1 Å². The first-order valence-corrected chi connectivity index (χ1v) is 9.71. The summed E-state index contributed by atoms with van der Waals surface area (Å²) >= 11 is 6.29. The number of benzene rings is 2. The molecule has 4 rings (SSSR count). The molecule has 0 saturated carbocycles. The minimum Gasteiger partial charge on any atom is -0.489 e. The highest BCUT2D eigenvalue weighted by Gasteiger charge is 2.21. The summed E-state index contributed by atoms with van der Waals surface area (Å²) in [4.78, 5) is 26.1. The highest BCUT2D eigenvalue weighted by Crippen LogP contribution is 2.38. The van der Waals surface area contributed by atoms with Gasteiger partial charge >= 0.3 is 0 Å². The molecule has 2 aliphatic rings. The number of fused-ring (bicyclic) bond motifs is 1. The third kappa shape index (κ3) is 3.90. The van der Waals surface area contributed by atoms with E-state index in [1.165, 1.54) is 6.08 Å². The molecule has 28 heavy (non-hydrogen) atoms. The lowest BCUT2D eigenvalue weighted by molar-refractivity contribution is -0.117. The molecule has 6 heteroatoms. The number of hydrogen-bond donors (Lipinski definition) is 0. The minimum atomic E-state index is -0.123. The topological polar surface area (TPSA) is 55.8 Å². The maximum Gasteiger partial charge on any atom is 0.227 e. The molecule has 1 saturated heterocycles. The Kier molecular flexibility index (Phi) is 5.35. The molecular weight excluding hydrogens is 378 g/mol. The van der Waals surface area contributed by atoms with Crippen LogP contribution in [0.4, 0.5) is 5.69 Å². The maximum atomic E-state index is 12.5. The Morgan fingerprint density at radius 3 is 2.61 bits per heavy atom. The van der Waals surface area contributed by atoms with Crippen LogP contribution in [0.2, 0.25) is 5.02 Å². The molecule has 144 valence electrons. The van der Waals surface area contributed by atoms with E-state index in [1.807, 2.05) is 18.2 Å². The Hall–Kier alpha value is -2.79. The number of ether oxygens (including phenoxy) is 2. The van der Waals surface area contributed by atoms with Gasteiger partial charge in [0.15, 0.2) is 17.3 Å². The normalized spacial score (nSPS) is 16.5. The van der Waals surface area contributed by atoms with Crippen LogP contribution in [0.15, 0.2) is 42.5 Å². The molecular formula is C22H20ClNO4. The number of allylic oxidation sites excluding steroid dienone is 1. The van der Waals surface area contributed by atoms with Crippen LogP contribution in [0, 0.1) is 0 Å². The number of nitrogens with zero attached hydrogens (tertiary/aromatic N) is 1. The smallest absolute Gasteiger partial charge is 0.227 e. The minimum absolute atomic E-state index is 0.123. The van der Waals surface area contributed by atoms with Gasteiger partial charge in [0.1, 0.15) is 0 Å². The molecule has 0 bridgehead atoms. The Bertz CT molecular complexity index is 936. The zero-order valence-corrected chi connectivity index (χ0v) is 16.1. The van der Waals surface area contributed by atoms with Crippen LogP contribution in [0.3, 0.4) is 0 Å². The summed E-state index contributed by atoms with van der Waals surface area (Å²) in [6.45, 7) is 1.87. The van der Waals surface area contributed by atoms with Gasteiger partial charge in [-0.3, -0.25) is 9.59 Å². The molecule has 0 radical (unpaired) electrons. The molecule has 0 N–H and O–H groups in total. The van der Waals surface area contributed by atoms with Crippen LogP contribution < -0.4 is 14.4 Å². The number of rotatable bonds is 4. The zero-order valence-electron chi connectivity index (χ0n) is 15.3. The second-order valence-electron chi connectivity index (χ2n) is 6.77. The predicted octanol–water partition coefficient (Wildman–Crippen LogP) is 4.52. The van der Waals surface area contributed by atoms with Crippen LogP contribution in [0.1, 0.15) is 35.2 Å². The van der Waals surface area contributed by atoms with E-state index in [4.69, 9.17) is 21.1 Å². The molecule has 0 spiro atoms. The third-order valence-electron chi connectivity index (χ3n) is 4.79. The molecule has 2 aromatic carbocycles. The van der Waals surface area contributed by atoms with Crippen molar-refractivity contribution in [1.82, 2.24) is 0 Å². The van der Waals surface area contributed by atoms with Gasteiger partial charge in [-0.05, 0) is 54.5 Å². The van der Waals surface area contributed by atoms with Crippen LogP contribution in [-0.4, -0.2) is 31.4 Å². The average molecular weight is 398 g/mol. The maximum absolute atomic E-state index is 12.5. The molecule has 5 nitrogen and oxygen atoms in total. The third-order valence-corrected chi connectivity index (χ3v) is 5.07. The van der Waals surface area contributed by atoms with E-state index >= 15 is 0 Å². The van der Waals surface area contributed by atoms with Crippen molar-refractivity contribution in [2.75, 3.05) is 24.7 Å². The van der Waals surface area contributed by atoms with E-state index in [0.717, 1.165) is 30.6 Å². The Morgan fingerprint density at radius 1 is 1.07 bits per heavy atom. The van der Waals surface area contributed by atoms with Gasteiger partial charge in [-0.2, -0.15) is 0 Å². The average Bonchev–Trinajstić information content (AvgIpc) is 2.98. The van der Waals surface area contributed by atoms with Crippen LogP contribution in [-0.2, 0) is 4.79 Å². The molecule has 0 aromatic heterocycles. The first-order chi connectivity index (χ1) is 13.6. The lowest BCUT2D eigenvalue weighted by Gasteiger charge is -2.15. The van der Waals surface area contributed by atoms with Crippen molar-refractivity contribution in [2.45, 2.75) is 19.3 Å². The molecule has 0 aliphatic carbocycles. The van der Waals surface area contributed by atoms with Gasteiger partial charge in [0, 0.05) is 30.6 Å². The molecule has 2 aliphatic heterocycles. The Morgan fingerprint density at radius 2 is 1.86 bits per heavy atom. The number of anilines is 1. The van der Waals surface area contributed by atoms with Gasteiger partial charge in [0.2, 0.25) is 5.91 Å². The monoisotopic (exact) mass is 397 g/mol. The largest absolute Gasteiger partial charge is 0.489 e. The molecule has 0 unspecified atom stereocenters. The summed E-state index contributed by atoms with van der Waals surface area (Å²) in [6, 6.07) is 10.7. The van der Waals surface area contributed by atoms with Crippen molar-refractivity contribution in [2.24, 2.45) is 0 Å². The number of ketones is 1. The second-order valence-corrected chi connectivity index (χ2v) is 7.18. The molecule has 2 heterocycles.